The van der Waals surface area contributed by atoms with Crippen LogP contribution in [0.5, 0.6) is 0 Å². The largest absolute Gasteiger partial charge is 0.449 e. The molecule has 0 unspecified atom stereocenters. The Bertz CT molecular complexity index is 619. The summed E-state index contributed by atoms with van der Waals surface area (Å²) in [4.78, 5) is 23.6. The maximum Gasteiger partial charge on any atom is 0.338 e. The van der Waals surface area contributed by atoms with E-state index in [2.05, 4.69) is 5.32 Å². The van der Waals surface area contributed by atoms with Gasteiger partial charge in [0.25, 0.3) is 5.91 Å². The van der Waals surface area contributed by atoms with Crippen molar-refractivity contribution in [1.29, 1.82) is 0 Å². The molecular formula is C14H19NO5S. The van der Waals surface area contributed by atoms with Crippen molar-refractivity contribution in [3.8, 4) is 0 Å². The molecule has 0 aliphatic heterocycles. The average molecular weight is 313 g/mol. The standard InChI is InChI=1S/C14H19NO5S/c1-9(2)15-13(16)10(3)20-14(17)11-5-7-12(8-6-11)21(4,18)19/h5-10H,1-4H3,(H,15,16)/t10-/m1/s1. The molecule has 0 saturated carbocycles. The Kier molecular flexibility index (Phi) is 5.48. The number of esters is 1. The SMILES string of the molecule is CC(C)NC(=O)[C@@H](C)OC(=O)c1ccc(S(C)(=O)=O)cc1. The van der Waals surface area contributed by atoms with Crippen LogP contribution in [-0.2, 0) is 19.4 Å². The van der Waals surface area contributed by atoms with Gasteiger partial charge in [-0.05, 0) is 45.0 Å². The predicted molar refractivity (Wildman–Crippen MR) is 77.7 cm³/mol. The molecule has 1 amide bonds. The first kappa shape index (κ1) is 17.2. The molecule has 0 aliphatic carbocycles. The van der Waals surface area contributed by atoms with Crippen molar-refractivity contribution in [3.63, 3.8) is 0 Å². The number of amides is 1. The average Bonchev–Trinajstić information content (AvgIpc) is 2.36. The van der Waals surface area contributed by atoms with Gasteiger partial charge in [0.15, 0.2) is 15.9 Å². The van der Waals surface area contributed by atoms with Gasteiger partial charge in [-0.2, -0.15) is 0 Å². The maximum atomic E-state index is 11.9. The van der Waals surface area contributed by atoms with E-state index in [1.807, 2.05) is 0 Å². The third kappa shape index (κ3) is 5.18. The quantitative estimate of drug-likeness (QED) is 0.824. The molecule has 0 fully saturated rings. The molecule has 0 saturated heterocycles. The monoisotopic (exact) mass is 313 g/mol. The van der Waals surface area contributed by atoms with Crippen LogP contribution in [0.3, 0.4) is 0 Å². The molecule has 1 rings (SSSR count). The second-order valence-electron chi connectivity index (χ2n) is 5.01. The lowest BCUT2D eigenvalue weighted by molar-refractivity contribution is -0.129. The van der Waals surface area contributed by atoms with E-state index in [1.54, 1.807) is 13.8 Å². The summed E-state index contributed by atoms with van der Waals surface area (Å²) in [5.74, 6) is -1.06. The molecule has 1 aromatic rings. The second-order valence-corrected chi connectivity index (χ2v) is 7.02. The Morgan fingerprint density at radius 1 is 1.10 bits per heavy atom. The molecule has 1 aromatic carbocycles. The number of hydrogen-bond acceptors (Lipinski definition) is 5. The Balaban J connectivity index is 2.74. The molecule has 0 heterocycles. The molecule has 0 aromatic heterocycles. The summed E-state index contributed by atoms with van der Waals surface area (Å²) in [5, 5.41) is 2.63. The lowest BCUT2D eigenvalue weighted by atomic mass is 10.2. The highest BCUT2D eigenvalue weighted by Crippen LogP contribution is 2.12. The zero-order valence-corrected chi connectivity index (χ0v) is 13.2. The van der Waals surface area contributed by atoms with Crippen LogP contribution in [0.1, 0.15) is 31.1 Å². The number of benzene rings is 1. The summed E-state index contributed by atoms with van der Waals surface area (Å²) in [5.41, 5.74) is 0.187. The van der Waals surface area contributed by atoms with Gasteiger partial charge >= 0.3 is 5.97 Å². The zero-order chi connectivity index (χ0) is 16.2. The molecule has 116 valence electrons. The second kappa shape index (κ2) is 6.71. The summed E-state index contributed by atoms with van der Waals surface area (Å²) in [6.45, 7) is 5.08. The molecule has 0 aliphatic rings. The first-order valence-electron chi connectivity index (χ1n) is 6.42. The highest BCUT2D eigenvalue weighted by atomic mass is 32.2. The minimum Gasteiger partial charge on any atom is -0.449 e. The van der Waals surface area contributed by atoms with Crippen molar-refractivity contribution >= 4 is 21.7 Å². The molecule has 0 bridgehead atoms. The Morgan fingerprint density at radius 2 is 1.62 bits per heavy atom. The lowest BCUT2D eigenvalue weighted by Crippen LogP contribution is -2.39. The van der Waals surface area contributed by atoms with E-state index >= 15 is 0 Å². The maximum absolute atomic E-state index is 11.9. The van der Waals surface area contributed by atoms with Crippen LogP contribution >= 0.6 is 0 Å². The van der Waals surface area contributed by atoms with Gasteiger partial charge in [-0.15, -0.1) is 0 Å². The van der Waals surface area contributed by atoms with E-state index in [0.717, 1.165) is 6.26 Å². The van der Waals surface area contributed by atoms with Crippen LogP contribution in [0.2, 0.25) is 0 Å². The summed E-state index contributed by atoms with van der Waals surface area (Å²) < 4.78 is 27.7. The topological polar surface area (TPSA) is 89.5 Å². The van der Waals surface area contributed by atoms with E-state index in [0.29, 0.717) is 0 Å². The van der Waals surface area contributed by atoms with Gasteiger partial charge in [-0.3, -0.25) is 4.79 Å². The third-order valence-corrected chi connectivity index (χ3v) is 3.73. The number of ether oxygens (including phenoxy) is 1. The van der Waals surface area contributed by atoms with Gasteiger partial charge in [0.1, 0.15) is 0 Å². The van der Waals surface area contributed by atoms with E-state index in [4.69, 9.17) is 4.74 Å². The lowest BCUT2D eigenvalue weighted by Gasteiger charge is -2.15. The van der Waals surface area contributed by atoms with Crippen LogP contribution in [0, 0.1) is 0 Å². The Morgan fingerprint density at radius 3 is 2.05 bits per heavy atom. The van der Waals surface area contributed by atoms with E-state index in [9.17, 15) is 18.0 Å². The molecule has 0 spiro atoms. The molecule has 0 radical (unpaired) electrons. The molecule has 7 heteroatoms. The fourth-order valence-corrected chi connectivity index (χ4v) is 2.15. The molecule has 6 nitrogen and oxygen atoms in total. The minimum absolute atomic E-state index is 0.0484. The molecular weight excluding hydrogens is 294 g/mol. The molecule has 21 heavy (non-hydrogen) atoms. The van der Waals surface area contributed by atoms with Crippen LogP contribution < -0.4 is 5.32 Å². The van der Waals surface area contributed by atoms with Gasteiger partial charge in [0.05, 0.1) is 10.5 Å². The van der Waals surface area contributed by atoms with Gasteiger partial charge in [-0.1, -0.05) is 0 Å². The Hall–Kier alpha value is -1.89. The number of nitrogens with one attached hydrogen (secondary N) is 1. The van der Waals surface area contributed by atoms with Gasteiger partial charge in [0, 0.05) is 12.3 Å². The summed E-state index contributed by atoms with van der Waals surface area (Å²) in [7, 11) is -3.31. The first-order valence-corrected chi connectivity index (χ1v) is 8.32. The smallest absolute Gasteiger partial charge is 0.338 e. The number of sulfone groups is 1. The van der Waals surface area contributed by atoms with Crippen molar-refractivity contribution in [1.82, 2.24) is 5.32 Å². The van der Waals surface area contributed by atoms with Crippen molar-refractivity contribution in [2.75, 3.05) is 6.26 Å². The number of carbonyl (C=O) groups is 2. The van der Waals surface area contributed by atoms with Crippen molar-refractivity contribution in [2.24, 2.45) is 0 Å². The van der Waals surface area contributed by atoms with E-state index in [-0.39, 0.29) is 22.4 Å². The predicted octanol–water partition coefficient (Wildman–Crippen LogP) is 1.16. The van der Waals surface area contributed by atoms with Crippen LogP contribution in [0.25, 0.3) is 0 Å². The first-order chi connectivity index (χ1) is 9.61. The molecule has 1 atom stereocenters. The van der Waals surface area contributed by atoms with Gasteiger partial charge in [-0.25, -0.2) is 13.2 Å². The van der Waals surface area contributed by atoms with E-state index < -0.39 is 21.9 Å². The van der Waals surface area contributed by atoms with Crippen LogP contribution in [0.4, 0.5) is 0 Å². The van der Waals surface area contributed by atoms with Crippen LogP contribution in [-0.4, -0.2) is 38.7 Å². The van der Waals surface area contributed by atoms with Gasteiger partial charge in [0.2, 0.25) is 0 Å². The fraction of sp³-hybridized carbons (Fsp3) is 0.429. The summed E-state index contributed by atoms with van der Waals surface area (Å²) in [6, 6.07) is 5.31. The number of hydrogen-bond donors (Lipinski definition) is 1. The number of carbonyl (C=O) groups excluding carboxylic acids is 2. The van der Waals surface area contributed by atoms with E-state index in [1.165, 1.54) is 31.2 Å². The van der Waals surface area contributed by atoms with Crippen molar-refractivity contribution in [2.45, 2.75) is 37.8 Å². The minimum atomic E-state index is -3.31. The van der Waals surface area contributed by atoms with Gasteiger partial charge < -0.3 is 10.1 Å². The highest BCUT2D eigenvalue weighted by molar-refractivity contribution is 7.90. The summed E-state index contributed by atoms with van der Waals surface area (Å²) in [6.07, 6.45) is 0.160. The normalized spacial score (nSPS) is 12.8. The van der Waals surface area contributed by atoms with Crippen molar-refractivity contribution in [3.05, 3.63) is 29.8 Å². The highest BCUT2D eigenvalue weighted by Gasteiger charge is 2.19. The summed E-state index contributed by atoms with van der Waals surface area (Å²) >= 11 is 0. The molecule has 1 N–H and O–H groups in total. The Labute approximate surface area is 124 Å². The fourth-order valence-electron chi connectivity index (χ4n) is 1.52. The zero-order valence-electron chi connectivity index (χ0n) is 12.4. The van der Waals surface area contributed by atoms with Crippen molar-refractivity contribution < 1.29 is 22.7 Å². The van der Waals surface area contributed by atoms with Crippen LogP contribution in [0.15, 0.2) is 29.2 Å². The number of rotatable bonds is 5. The third-order valence-electron chi connectivity index (χ3n) is 2.60.